The van der Waals surface area contributed by atoms with Crippen LogP contribution in [0, 0.1) is 5.92 Å². The summed E-state index contributed by atoms with van der Waals surface area (Å²) in [6.07, 6.45) is 7.00. The molecule has 1 fully saturated rings. The summed E-state index contributed by atoms with van der Waals surface area (Å²) >= 11 is 0. The first-order valence-electron chi connectivity index (χ1n) is 6.30. The molecule has 0 aromatic heterocycles. The summed E-state index contributed by atoms with van der Waals surface area (Å²) in [6.45, 7) is 3.65. The summed E-state index contributed by atoms with van der Waals surface area (Å²) in [6, 6.07) is 0. The Kier molecular flexibility index (Phi) is 9.49. The van der Waals surface area contributed by atoms with Crippen LogP contribution in [-0.2, 0) is 19.1 Å². The first kappa shape index (κ1) is 15.9. The van der Waals surface area contributed by atoms with Crippen molar-refractivity contribution in [1.82, 2.24) is 0 Å². The third-order valence-electron chi connectivity index (χ3n) is 2.76. The van der Waals surface area contributed by atoms with Gasteiger partial charge < -0.3 is 9.47 Å². The highest BCUT2D eigenvalue weighted by Gasteiger charge is 2.16. The number of methoxy groups -OCH3 is 1. The van der Waals surface area contributed by atoms with Gasteiger partial charge in [0.15, 0.2) is 0 Å². The van der Waals surface area contributed by atoms with E-state index in [2.05, 4.69) is 9.47 Å². The molecule has 0 bridgehead atoms. The van der Waals surface area contributed by atoms with Crippen LogP contribution in [0.4, 0.5) is 0 Å². The highest BCUT2D eigenvalue weighted by Crippen LogP contribution is 2.26. The Labute approximate surface area is 104 Å². The van der Waals surface area contributed by atoms with Gasteiger partial charge in [0.2, 0.25) is 0 Å². The minimum absolute atomic E-state index is 0.0445. The standard InChI is InChI=1S/C9H16O2.C4H8O2/c1-11-9(10)7-8-5-3-2-4-6-8;1-3-6-4(2)5/h8H,2-7H2,1H3;3H2,1-2H3. The van der Waals surface area contributed by atoms with Gasteiger partial charge in [-0.1, -0.05) is 19.3 Å². The molecule has 0 radical (unpaired) electrons. The second-order valence-corrected chi connectivity index (χ2v) is 4.21. The first-order chi connectivity index (χ1) is 8.10. The van der Waals surface area contributed by atoms with Gasteiger partial charge in [-0.25, -0.2) is 0 Å². The maximum Gasteiger partial charge on any atom is 0.305 e. The van der Waals surface area contributed by atoms with Crippen molar-refractivity contribution in [2.75, 3.05) is 13.7 Å². The quantitative estimate of drug-likeness (QED) is 0.716. The Hall–Kier alpha value is -1.06. The molecule has 1 aliphatic carbocycles. The number of hydrogen-bond acceptors (Lipinski definition) is 4. The minimum atomic E-state index is -0.211. The van der Waals surface area contributed by atoms with E-state index in [1.165, 1.54) is 46.1 Å². The summed E-state index contributed by atoms with van der Waals surface area (Å²) < 4.78 is 9.02. The van der Waals surface area contributed by atoms with Crippen LogP contribution >= 0.6 is 0 Å². The molecule has 0 aromatic rings. The lowest BCUT2D eigenvalue weighted by Crippen LogP contribution is -2.12. The van der Waals surface area contributed by atoms with Crippen LogP contribution < -0.4 is 0 Å². The average molecular weight is 244 g/mol. The SMILES string of the molecule is CCOC(C)=O.COC(=O)CC1CCCCC1. The fraction of sp³-hybridized carbons (Fsp3) is 0.846. The van der Waals surface area contributed by atoms with E-state index in [1.807, 2.05) is 0 Å². The molecule has 0 aromatic carbocycles. The Morgan fingerprint density at radius 3 is 2.12 bits per heavy atom. The molecule has 17 heavy (non-hydrogen) atoms. The fourth-order valence-corrected chi connectivity index (χ4v) is 1.91. The molecular formula is C13H24O4. The zero-order valence-corrected chi connectivity index (χ0v) is 11.2. The van der Waals surface area contributed by atoms with E-state index in [1.54, 1.807) is 6.92 Å². The molecule has 0 aliphatic heterocycles. The number of esters is 2. The smallest absolute Gasteiger partial charge is 0.305 e. The zero-order valence-electron chi connectivity index (χ0n) is 11.2. The summed E-state index contributed by atoms with van der Waals surface area (Å²) in [4.78, 5) is 20.7. The van der Waals surface area contributed by atoms with Crippen molar-refractivity contribution < 1.29 is 19.1 Å². The maximum atomic E-state index is 10.9. The van der Waals surface area contributed by atoms with Gasteiger partial charge in [-0.3, -0.25) is 9.59 Å². The van der Waals surface area contributed by atoms with Crippen LogP contribution in [0.3, 0.4) is 0 Å². The van der Waals surface area contributed by atoms with Crippen LogP contribution in [0.2, 0.25) is 0 Å². The zero-order chi connectivity index (χ0) is 13.1. The largest absolute Gasteiger partial charge is 0.469 e. The topological polar surface area (TPSA) is 52.6 Å². The molecule has 0 amide bonds. The number of hydrogen-bond donors (Lipinski definition) is 0. The Morgan fingerprint density at radius 1 is 1.18 bits per heavy atom. The summed E-state index contributed by atoms with van der Waals surface area (Å²) in [5.41, 5.74) is 0. The Balaban J connectivity index is 0.000000366. The first-order valence-corrected chi connectivity index (χ1v) is 6.30. The van der Waals surface area contributed by atoms with Crippen LogP contribution in [0.1, 0.15) is 52.4 Å². The molecule has 0 atom stereocenters. The lowest BCUT2D eigenvalue weighted by Gasteiger charge is -2.19. The fourth-order valence-electron chi connectivity index (χ4n) is 1.91. The molecule has 100 valence electrons. The number of rotatable bonds is 3. The van der Waals surface area contributed by atoms with Crippen LogP contribution in [0.5, 0.6) is 0 Å². The number of carbonyl (C=O) groups excluding carboxylic acids is 2. The van der Waals surface area contributed by atoms with E-state index >= 15 is 0 Å². The van der Waals surface area contributed by atoms with Gasteiger partial charge in [0.25, 0.3) is 0 Å². The molecular weight excluding hydrogens is 220 g/mol. The van der Waals surface area contributed by atoms with Crippen molar-refractivity contribution in [2.45, 2.75) is 52.4 Å². The van der Waals surface area contributed by atoms with Crippen LogP contribution in [0.15, 0.2) is 0 Å². The monoisotopic (exact) mass is 244 g/mol. The van der Waals surface area contributed by atoms with Crippen molar-refractivity contribution >= 4 is 11.9 Å². The third kappa shape index (κ3) is 9.85. The molecule has 1 saturated carbocycles. The van der Waals surface area contributed by atoms with E-state index in [4.69, 9.17) is 0 Å². The minimum Gasteiger partial charge on any atom is -0.469 e. The lowest BCUT2D eigenvalue weighted by molar-refractivity contribution is -0.142. The van der Waals surface area contributed by atoms with Gasteiger partial charge in [0.05, 0.1) is 13.7 Å². The van der Waals surface area contributed by atoms with E-state index in [0.29, 0.717) is 18.9 Å². The van der Waals surface area contributed by atoms with Crippen molar-refractivity contribution in [2.24, 2.45) is 5.92 Å². The Morgan fingerprint density at radius 2 is 1.76 bits per heavy atom. The summed E-state index contributed by atoms with van der Waals surface area (Å²) in [7, 11) is 1.46. The van der Waals surface area contributed by atoms with Gasteiger partial charge in [0, 0.05) is 13.3 Å². The van der Waals surface area contributed by atoms with Gasteiger partial charge >= 0.3 is 11.9 Å². The molecule has 1 aliphatic rings. The van der Waals surface area contributed by atoms with Crippen molar-refractivity contribution in [3.63, 3.8) is 0 Å². The van der Waals surface area contributed by atoms with Gasteiger partial charge in [-0.2, -0.15) is 0 Å². The summed E-state index contributed by atoms with van der Waals surface area (Å²) in [5.74, 6) is 0.352. The summed E-state index contributed by atoms with van der Waals surface area (Å²) in [5, 5.41) is 0. The molecule has 0 heterocycles. The van der Waals surface area contributed by atoms with Crippen molar-refractivity contribution in [3.8, 4) is 0 Å². The second kappa shape index (κ2) is 10.1. The number of ether oxygens (including phenoxy) is 2. The normalized spacial score (nSPS) is 15.5. The molecule has 1 rings (SSSR count). The van der Waals surface area contributed by atoms with Gasteiger partial charge in [-0.05, 0) is 25.7 Å². The van der Waals surface area contributed by atoms with E-state index < -0.39 is 0 Å². The molecule has 4 nitrogen and oxygen atoms in total. The lowest BCUT2D eigenvalue weighted by atomic mass is 9.87. The average Bonchev–Trinajstić information content (AvgIpc) is 2.31. The highest BCUT2D eigenvalue weighted by atomic mass is 16.5. The molecule has 0 unspecified atom stereocenters. The molecule has 0 saturated heterocycles. The van der Waals surface area contributed by atoms with E-state index in [9.17, 15) is 9.59 Å². The van der Waals surface area contributed by atoms with E-state index in [0.717, 1.165) is 0 Å². The van der Waals surface area contributed by atoms with Crippen molar-refractivity contribution in [3.05, 3.63) is 0 Å². The second-order valence-electron chi connectivity index (χ2n) is 4.21. The van der Waals surface area contributed by atoms with Crippen LogP contribution in [-0.4, -0.2) is 25.7 Å². The van der Waals surface area contributed by atoms with E-state index in [-0.39, 0.29) is 11.9 Å². The Bertz CT molecular complexity index is 219. The van der Waals surface area contributed by atoms with Crippen LogP contribution in [0.25, 0.3) is 0 Å². The van der Waals surface area contributed by atoms with Crippen molar-refractivity contribution in [1.29, 1.82) is 0 Å². The predicted molar refractivity (Wildman–Crippen MR) is 65.5 cm³/mol. The van der Waals surface area contributed by atoms with Gasteiger partial charge in [-0.15, -0.1) is 0 Å². The predicted octanol–water partition coefficient (Wildman–Crippen LogP) is 2.70. The number of carbonyl (C=O) groups is 2. The highest BCUT2D eigenvalue weighted by molar-refractivity contribution is 5.69. The van der Waals surface area contributed by atoms with Gasteiger partial charge in [0.1, 0.15) is 0 Å². The third-order valence-corrected chi connectivity index (χ3v) is 2.76. The maximum absolute atomic E-state index is 10.9. The molecule has 0 spiro atoms. The molecule has 0 N–H and O–H groups in total. The molecule has 4 heteroatoms.